The van der Waals surface area contributed by atoms with E-state index in [-0.39, 0.29) is 18.6 Å². The van der Waals surface area contributed by atoms with Crippen molar-refractivity contribution in [2.24, 2.45) is 0 Å². The zero-order chi connectivity index (χ0) is 14.8. The van der Waals surface area contributed by atoms with E-state index in [0.717, 1.165) is 18.6 Å². The standard InChI is InChI=1S/C19H22O2/c1-13-7-8-19-15(9-13)10-17(21-19)11-16(12-20)18-6-4-3-5-14(18)2/h3-9,16-17,20H,10-12H2,1-2H3. The Balaban J connectivity index is 1.74. The second-order valence-electron chi connectivity index (χ2n) is 6.03. The van der Waals surface area contributed by atoms with Gasteiger partial charge in [-0.3, -0.25) is 0 Å². The van der Waals surface area contributed by atoms with E-state index in [2.05, 4.69) is 44.2 Å². The predicted molar refractivity (Wildman–Crippen MR) is 84.9 cm³/mol. The van der Waals surface area contributed by atoms with Crippen LogP contribution in [0, 0.1) is 13.8 Å². The van der Waals surface area contributed by atoms with Crippen molar-refractivity contribution in [1.82, 2.24) is 0 Å². The molecule has 0 spiro atoms. The first-order chi connectivity index (χ1) is 10.2. The first kappa shape index (κ1) is 14.2. The number of aryl methyl sites for hydroxylation is 2. The van der Waals surface area contributed by atoms with Crippen molar-refractivity contribution >= 4 is 0 Å². The smallest absolute Gasteiger partial charge is 0.123 e. The lowest BCUT2D eigenvalue weighted by atomic mass is 9.89. The number of hydrogen-bond donors (Lipinski definition) is 1. The number of benzene rings is 2. The van der Waals surface area contributed by atoms with Gasteiger partial charge in [0.25, 0.3) is 0 Å². The largest absolute Gasteiger partial charge is 0.490 e. The Labute approximate surface area is 126 Å². The molecule has 0 aromatic heterocycles. The highest BCUT2D eigenvalue weighted by Gasteiger charge is 2.26. The number of ether oxygens (including phenoxy) is 1. The average molecular weight is 282 g/mol. The lowest BCUT2D eigenvalue weighted by molar-refractivity contribution is 0.179. The topological polar surface area (TPSA) is 29.5 Å². The van der Waals surface area contributed by atoms with Crippen LogP contribution in [0.15, 0.2) is 42.5 Å². The summed E-state index contributed by atoms with van der Waals surface area (Å²) in [6.45, 7) is 4.38. The third-order valence-electron chi connectivity index (χ3n) is 4.35. The van der Waals surface area contributed by atoms with E-state index < -0.39 is 0 Å². The Morgan fingerprint density at radius 1 is 1.19 bits per heavy atom. The second kappa shape index (κ2) is 5.90. The van der Waals surface area contributed by atoms with Gasteiger partial charge in [-0.2, -0.15) is 0 Å². The van der Waals surface area contributed by atoms with Gasteiger partial charge in [0.05, 0.1) is 6.61 Å². The van der Waals surface area contributed by atoms with Gasteiger partial charge in [0, 0.05) is 12.3 Å². The van der Waals surface area contributed by atoms with Gasteiger partial charge in [-0.05, 0) is 43.0 Å². The Bertz CT molecular complexity index is 633. The average Bonchev–Trinajstić information content (AvgIpc) is 2.87. The Morgan fingerprint density at radius 2 is 2.00 bits per heavy atom. The van der Waals surface area contributed by atoms with Crippen LogP contribution in [0.4, 0.5) is 0 Å². The zero-order valence-electron chi connectivity index (χ0n) is 12.7. The Kier molecular flexibility index (Phi) is 3.98. The lowest BCUT2D eigenvalue weighted by Crippen LogP contribution is -2.19. The van der Waals surface area contributed by atoms with Crippen LogP contribution in [0.2, 0.25) is 0 Å². The molecule has 110 valence electrons. The van der Waals surface area contributed by atoms with E-state index >= 15 is 0 Å². The molecule has 1 aliphatic heterocycles. The van der Waals surface area contributed by atoms with Crippen molar-refractivity contribution < 1.29 is 9.84 Å². The molecule has 0 bridgehead atoms. The number of aliphatic hydroxyl groups is 1. The summed E-state index contributed by atoms with van der Waals surface area (Å²) in [6, 6.07) is 14.7. The third-order valence-corrected chi connectivity index (χ3v) is 4.35. The Morgan fingerprint density at radius 3 is 2.76 bits per heavy atom. The fourth-order valence-corrected chi connectivity index (χ4v) is 3.24. The molecule has 1 aliphatic rings. The van der Waals surface area contributed by atoms with Gasteiger partial charge in [-0.1, -0.05) is 42.0 Å². The minimum Gasteiger partial charge on any atom is -0.490 e. The van der Waals surface area contributed by atoms with Crippen LogP contribution in [0.25, 0.3) is 0 Å². The van der Waals surface area contributed by atoms with Crippen LogP contribution in [0.3, 0.4) is 0 Å². The molecule has 1 heterocycles. The first-order valence-corrected chi connectivity index (χ1v) is 7.60. The van der Waals surface area contributed by atoms with Gasteiger partial charge < -0.3 is 9.84 Å². The van der Waals surface area contributed by atoms with Crippen molar-refractivity contribution in [1.29, 1.82) is 0 Å². The summed E-state index contributed by atoms with van der Waals surface area (Å²) in [4.78, 5) is 0. The van der Waals surface area contributed by atoms with E-state index in [1.165, 1.54) is 22.3 Å². The molecule has 0 saturated carbocycles. The number of rotatable bonds is 4. The quantitative estimate of drug-likeness (QED) is 0.925. The maximum absolute atomic E-state index is 9.77. The number of aliphatic hydroxyl groups excluding tert-OH is 1. The number of hydrogen-bond acceptors (Lipinski definition) is 2. The van der Waals surface area contributed by atoms with Gasteiger partial charge in [0.1, 0.15) is 11.9 Å². The minimum absolute atomic E-state index is 0.145. The molecule has 3 rings (SSSR count). The first-order valence-electron chi connectivity index (χ1n) is 7.60. The zero-order valence-corrected chi connectivity index (χ0v) is 12.7. The second-order valence-corrected chi connectivity index (χ2v) is 6.03. The highest BCUT2D eigenvalue weighted by Crippen LogP contribution is 2.34. The van der Waals surface area contributed by atoms with Crippen LogP contribution in [-0.4, -0.2) is 17.8 Å². The Hall–Kier alpha value is -1.80. The molecule has 2 heteroatoms. The predicted octanol–water partition coefficient (Wildman–Crippen LogP) is 3.77. The van der Waals surface area contributed by atoms with Gasteiger partial charge in [-0.15, -0.1) is 0 Å². The van der Waals surface area contributed by atoms with Gasteiger partial charge >= 0.3 is 0 Å². The lowest BCUT2D eigenvalue weighted by Gasteiger charge is -2.20. The summed E-state index contributed by atoms with van der Waals surface area (Å²) in [6.07, 6.45) is 1.97. The summed E-state index contributed by atoms with van der Waals surface area (Å²) in [5, 5.41) is 9.77. The van der Waals surface area contributed by atoms with Crippen LogP contribution >= 0.6 is 0 Å². The molecule has 1 N–H and O–H groups in total. The van der Waals surface area contributed by atoms with Crippen molar-refractivity contribution in [2.45, 2.75) is 38.7 Å². The van der Waals surface area contributed by atoms with Crippen molar-refractivity contribution in [3.8, 4) is 5.75 Å². The summed E-state index contributed by atoms with van der Waals surface area (Å²) >= 11 is 0. The molecular weight excluding hydrogens is 260 g/mol. The molecule has 2 aromatic carbocycles. The van der Waals surface area contributed by atoms with Crippen LogP contribution < -0.4 is 4.74 Å². The molecule has 0 amide bonds. The molecular formula is C19H22O2. The van der Waals surface area contributed by atoms with Crippen LogP contribution in [0.5, 0.6) is 5.75 Å². The summed E-state index contributed by atoms with van der Waals surface area (Å²) in [7, 11) is 0. The molecule has 2 atom stereocenters. The third kappa shape index (κ3) is 2.96. The molecule has 2 nitrogen and oxygen atoms in total. The maximum Gasteiger partial charge on any atom is 0.123 e. The van der Waals surface area contributed by atoms with E-state index in [0.29, 0.717) is 0 Å². The van der Waals surface area contributed by atoms with E-state index in [9.17, 15) is 5.11 Å². The van der Waals surface area contributed by atoms with Crippen LogP contribution in [0.1, 0.15) is 34.6 Å². The fraction of sp³-hybridized carbons (Fsp3) is 0.368. The van der Waals surface area contributed by atoms with E-state index in [1.807, 2.05) is 12.1 Å². The van der Waals surface area contributed by atoms with Crippen molar-refractivity contribution in [3.05, 3.63) is 64.7 Å². The molecule has 21 heavy (non-hydrogen) atoms. The molecule has 0 radical (unpaired) electrons. The normalized spacial score (nSPS) is 18.1. The molecule has 0 fully saturated rings. The molecule has 2 aromatic rings. The monoisotopic (exact) mass is 282 g/mol. The highest BCUT2D eigenvalue weighted by molar-refractivity contribution is 5.40. The summed E-state index contributed by atoms with van der Waals surface area (Å²) in [5.74, 6) is 1.15. The summed E-state index contributed by atoms with van der Waals surface area (Å²) < 4.78 is 6.04. The van der Waals surface area contributed by atoms with Gasteiger partial charge in [0.2, 0.25) is 0 Å². The fourth-order valence-electron chi connectivity index (χ4n) is 3.24. The minimum atomic E-state index is 0.145. The molecule has 2 unspecified atom stereocenters. The van der Waals surface area contributed by atoms with Gasteiger partial charge in [0.15, 0.2) is 0 Å². The molecule has 0 saturated heterocycles. The highest BCUT2D eigenvalue weighted by atomic mass is 16.5. The number of fused-ring (bicyclic) bond motifs is 1. The molecule has 0 aliphatic carbocycles. The summed E-state index contributed by atoms with van der Waals surface area (Å²) in [5.41, 5.74) is 5.04. The van der Waals surface area contributed by atoms with E-state index in [1.54, 1.807) is 0 Å². The van der Waals surface area contributed by atoms with E-state index in [4.69, 9.17) is 4.74 Å². The van der Waals surface area contributed by atoms with Crippen LogP contribution in [-0.2, 0) is 6.42 Å². The van der Waals surface area contributed by atoms with Crippen molar-refractivity contribution in [3.63, 3.8) is 0 Å². The SMILES string of the molecule is Cc1ccc2c(c1)CC(CC(CO)c1ccccc1C)O2. The van der Waals surface area contributed by atoms with Gasteiger partial charge in [-0.25, -0.2) is 0 Å². The van der Waals surface area contributed by atoms with Crippen molar-refractivity contribution in [2.75, 3.05) is 6.61 Å². The maximum atomic E-state index is 9.77.